The van der Waals surface area contributed by atoms with E-state index in [2.05, 4.69) is 5.32 Å². The summed E-state index contributed by atoms with van der Waals surface area (Å²) in [7, 11) is 1.63. The molecule has 1 aromatic heterocycles. The summed E-state index contributed by atoms with van der Waals surface area (Å²) in [4.78, 5) is 29.3. The molecule has 0 spiro atoms. The zero-order valence-corrected chi connectivity index (χ0v) is 19.3. The van der Waals surface area contributed by atoms with E-state index in [9.17, 15) is 9.59 Å². The lowest BCUT2D eigenvalue weighted by Gasteiger charge is -2.45. The third-order valence-corrected chi connectivity index (χ3v) is 7.27. The van der Waals surface area contributed by atoms with Gasteiger partial charge >= 0.3 is 0 Å². The van der Waals surface area contributed by atoms with E-state index < -0.39 is 5.54 Å². The smallest absolute Gasteiger partial charge is 0.271 e. The van der Waals surface area contributed by atoms with Crippen LogP contribution in [0, 0.1) is 0 Å². The van der Waals surface area contributed by atoms with E-state index in [1.54, 1.807) is 12.0 Å². The lowest BCUT2D eigenvalue weighted by atomic mass is 9.91. The van der Waals surface area contributed by atoms with Gasteiger partial charge in [-0.3, -0.25) is 9.59 Å². The van der Waals surface area contributed by atoms with Crippen molar-refractivity contribution in [3.05, 3.63) is 65.9 Å². The van der Waals surface area contributed by atoms with Gasteiger partial charge in [-0.15, -0.1) is 0 Å². The van der Waals surface area contributed by atoms with Crippen LogP contribution in [0.25, 0.3) is 10.9 Å². The number of methoxy groups -OCH3 is 1. The van der Waals surface area contributed by atoms with Crippen LogP contribution in [0.5, 0.6) is 5.75 Å². The predicted octanol–water partition coefficient (Wildman–Crippen LogP) is 4.51. The highest BCUT2D eigenvalue weighted by molar-refractivity contribution is 6.03. The topological polar surface area (TPSA) is 63.6 Å². The van der Waals surface area contributed by atoms with Gasteiger partial charge in [0.15, 0.2) is 0 Å². The molecule has 3 aromatic rings. The highest BCUT2D eigenvalue weighted by Crippen LogP contribution is 2.34. The molecule has 172 valence electrons. The summed E-state index contributed by atoms with van der Waals surface area (Å²) < 4.78 is 7.29. The van der Waals surface area contributed by atoms with Gasteiger partial charge in [0, 0.05) is 23.5 Å². The Balaban J connectivity index is 1.53. The molecule has 1 aliphatic heterocycles. The summed E-state index contributed by atoms with van der Waals surface area (Å²) in [5.41, 5.74) is 1.59. The SMILES string of the molecule is COc1ccc(CN2C(=O)c3cc4ccccc4n3C[C@]2(C)C(=O)NC2CCCCC2)cc1. The molecule has 0 radical (unpaired) electrons. The van der Waals surface area contributed by atoms with Crippen molar-refractivity contribution in [2.75, 3.05) is 7.11 Å². The van der Waals surface area contributed by atoms with E-state index in [1.165, 1.54) is 6.42 Å². The van der Waals surface area contributed by atoms with Crippen molar-refractivity contribution in [1.82, 2.24) is 14.8 Å². The number of aromatic nitrogens is 1. The molecule has 0 unspecified atom stereocenters. The predicted molar refractivity (Wildman–Crippen MR) is 128 cm³/mol. The molecular weight excluding hydrogens is 414 g/mol. The fourth-order valence-corrected chi connectivity index (χ4v) is 5.26. The van der Waals surface area contributed by atoms with Gasteiger partial charge < -0.3 is 19.5 Å². The normalized spacial score (nSPS) is 21.2. The zero-order chi connectivity index (χ0) is 23.0. The van der Waals surface area contributed by atoms with E-state index >= 15 is 0 Å². The van der Waals surface area contributed by atoms with Gasteiger partial charge in [-0.2, -0.15) is 0 Å². The van der Waals surface area contributed by atoms with Crippen LogP contribution in [0.1, 0.15) is 55.1 Å². The second kappa shape index (κ2) is 8.58. The molecule has 1 N–H and O–H groups in total. The Labute approximate surface area is 194 Å². The van der Waals surface area contributed by atoms with Crippen molar-refractivity contribution >= 4 is 22.7 Å². The molecular formula is C27H31N3O3. The van der Waals surface area contributed by atoms with Crippen molar-refractivity contribution in [3.8, 4) is 5.75 Å². The van der Waals surface area contributed by atoms with Crippen molar-refractivity contribution in [2.24, 2.45) is 0 Å². The Morgan fingerprint density at radius 3 is 2.55 bits per heavy atom. The third-order valence-electron chi connectivity index (χ3n) is 7.27. The van der Waals surface area contributed by atoms with Gasteiger partial charge in [0.05, 0.1) is 13.7 Å². The molecule has 2 aromatic carbocycles. The first-order chi connectivity index (χ1) is 16.0. The summed E-state index contributed by atoms with van der Waals surface area (Å²) in [6.07, 6.45) is 5.52. The number of amides is 2. The van der Waals surface area contributed by atoms with Crippen molar-refractivity contribution in [2.45, 2.75) is 63.7 Å². The fourth-order valence-electron chi connectivity index (χ4n) is 5.26. The number of nitrogens with one attached hydrogen (secondary N) is 1. The molecule has 1 saturated carbocycles. The Hall–Kier alpha value is -3.28. The van der Waals surface area contributed by atoms with Crippen LogP contribution in [0.3, 0.4) is 0 Å². The maximum Gasteiger partial charge on any atom is 0.271 e. The molecule has 2 amide bonds. The van der Waals surface area contributed by atoms with Crippen molar-refractivity contribution in [1.29, 1.82) is 0 Å². The van der Waals surface area contributed by atoms with E-state index in [0.29, 0.717) is 18.8 Å². The Bertz CT molecular complexity index is 1180. The van der Waals surface area contributed by atoms with Crippen LogP contribution in [0.4, 0.5) is 0 Å². The zero-order valence-electron chi connectivity index (χ0n) is 19.3. The Morgan fingerprint density at radius 1 is 1.09 bits per heavy atom. The van der Waals surface area contributed by atoms with E-state index in [1.807, 2.05) is 66.1 Å². The first-order valence-electron chi connectivity index (χ1n) is 11.8. The van der Waals surface area contributed by atoms with Gasteiger partial charge in [-0.05, 0) is 49.6 Å². The summed E-state index contributed by atoms with van der Waals surface area (Å²) in [5.74, 6) is 0.580. The maximum atomic E-state index is 13.8. The van der Waals surface area contributed by atoms with Gasteiger partial charge in [0.25, 0.3) is 5.91 Å². The van der Waals surface area contributed by atoms with E-state index in [-0.39, 0.29) is 17.9 Å². The first-order valence-corrected chi connectivity index (χ1v) is 11.8. The molecule has 1 atom stereocenters. The van der Waals surface area contributed by atoms with Crippen LogP contribution in [0.15, 0.2) is 54.6 Å². The summed E-state index contributed by atoms with van der Waals surface area (Å²) in [6.45, 7) is 2.69. The molecule has 2 heterocycles. The highest BCUT2D eigenvalue weighted by atomic mass is 16.5. The number of fused-ring (bicyclic) bond motifs is 3. The number of benzene rings is 2. The second-order valence-electron chi connectivity index (χ2n) is 9.50. The number of nitrogens with zero attached hydrogens (tertiary/aromatic N) is 2. The number of hydrogen-bond donors (Lipinski definition) is 1. The van der Waals surface area contributed by atoms with E-state index in [4.69, 9.17) is 4.74 Å². The molecule has 33 heavy (non-hydrogen) atoms. The summed E-state index contributed by atoms with van der Waals surface area (Å²) >= 11 is 0. The Kier molecular flexibility index (Phi) is 5.60. The lowest BCUT2D eigenvalue weighted by molar-refractivity contribution is -0.134. The third kappa shape index (κ3) is 3.88. The minimum absolute atomic E-state index is 0.0697. The lowest BCUT2D eigenvalue weighted by Crippen LogP contribution is -2.64. The van der Waals surface area contributed by atoms with Gasteiger partial charge in [-0.1, -0.05) is 49.6 Å². The molecule has 5 rings (SSSR count). The standard InChI is InChI=1S/C27H31N3O3/c1-27(26(32)28-21-9-4-3-5-10-21)18-29-23-11-7-6-8-20(23)16-24(29)25(31)30(27)17-19-12-14-22(33-2)15-13-19/h6-8,11-16,21H,3-5,9-10,17-18H2,1-2H3,(H,28,32)/t27-/m1/s1. The molecule has 6 heteroatoms. The minimum atomic E-state index is -0.997. The van der Waals surface area contributed by atoms with Crippen molar-refractivity contribution < 1.29 is 14.3 Å². The summed E-state index contributed by atoms with van der Waals surface area (Å²) in [5, 5.41) is 4.30. The van der Waals surface area contributed by atoms with Gasteiger partial charge in [0.2, 0.25) is 5.91 Å². The van der Waals surface area contributed by atoms with Crippen LogP contribution in [-0.4, -0.2) is 40.0 Å². The highest BCUT2D eigenvalue weighted by Gasteiger charge is 2.48. The summed E-state index contributed by atoms with van der Waals surface area (Å²) in [6, 6.07) is 17.8. The van der Waals surface area contributed by atoms with Crippen LogP contribution in [-0.2, 0) is 17.9 Å². The number of para-hydroxylation sites is 1. The number of carbonyl (C=O) groups is 2. The van der Waals surface area contributed by atoms with Crippen LogP contribution >= 0.6 is 0 Å². The number of ether oxygens (including phenoxy) is 1. The largest absolute Gasteiger partial charge is 0.497 e. The quantitative estimate of drug-likeness (QED) is 0.628. The fraction of sp³-hybridized carbons (Fsp3) is 0.407. The monoisotopic (exact) mass is 445 g/mol. The number of carbonyl (C=O) groups excluding carboxylic acids is 2. The number of hydrogen-bond acceptors (Lipinski definition) is 3. The van der Waals surface area contributed by atoms with Crippen LogP contribution < -0.4 is 10.1 Å². The Morgan fingerprint density at radius 2 is 1.82 bits per heavy atom. The van der Waals surface area contributed by atoms with Crippen molar-refractivity contribution in [3.63, 3.8) is 0 Å². The minimum Gasteiger partial charge on any atom is -0.497 e. The maximum absolute atomic E-state index is 13.8. The van der Waals surface area contributed by atoms with Crippen LogP contribution in [0.2, 0.25) is 0 Å². The average Bonchev–Trinajstić information content (AvgIpc) is 3.21. The van der Waals surface area contributed by atoms with Gasteiger partial charge in [0.1, 0.15) is 17.0 Å². The molecule has 6 nitrogen and oxygen atoms in total. The molecule has 1 aliphatic carbocycles. The average molecular weight is 446 g/mol. The molecule has 2 aliphatic rings. The molecule has 0 saturated heterocycles. The first kappa shape index (κ1) is 21.6. The van der Waals surface area contributed by atoms with E-state index in [0.717, 1.165) is 47.9 Å². The molecule has 0 bridgehead atoms. The molecule has 1 fully saturated rings. The van der Waals surface area contributed by atoms with Gasteiger partial charge in [-0.25, -0.2) is 0 Å². The number of rotatable bonds is 5. The second-order valence-corrected chi connectivity index (χ2v) is 9.50.